The van der Waals surface area contributed by atoms with E-state index >= 15 is 0 Å². The third kappa shape index (κ3) is 2.09. The van der Waals surface area contributed by atoms with Crippen LogP contribution in [0, 0.1) is 0 Å². The molecule has 84 valence electrons. The number of hydrogen-bond donors (Lipinski definition) is 1. The van der Waals surface area contributed by atoms with Crippen LogP contribution in [0.15, 0.2) is 30.9 Å². The number of nitrogens with zero attached hydrogens (tertiary/aromatic N) is 4. The second-order valence-electron chi connectivity index (χ2n) is 3.56. The first-order chi connectivity index (χ1) is 7.83. The zero-order chi connectivity index (χ0) is 11.4. The highest BCUT2D eigenvalue weighted by Crippen LogP contribution is 2.19. The van der Waals surface area contributed by atoms with E-state index in [1.807, 2.05) is 10.8 Å². The van der Waals surface area contributed by atoms with Crippen LogP contribution < -0.4 is 0 Å². The highest BCUT2D eigenvalue weighted by atomic mass is 16.3. The molecule has 0 saturated carbocycles. The fraction of sp³-hybridized carbons (Fsp3) is 0.364. The summed E-state index contributed by atoms with van der Waals surface area (Å²) in [5.41, 5.74) is 0.707. The van der Waals surface area contributed by atoms with E-state index < -0.39 is 6.10 Å². The summed E-state index contributed by atoms with van der Waals surface area (Å²) in [6, 6.07) is 1.74. The van der Waals surface area contributed by atoms with Crippen molar-refractivity contribution >= 4 is 0 Å². The average molecular weight is 218 g/mol. The standard InChI is InChI=1S/C11H14N4O/c1-2-6-15-7-5-12-11(15)10(16)9-3-4-13-14-8-9/h3-5,7-8,10,16H,2,6H2,1H3. The van der Waals surface area contributed by atoms with Crippen molar-refractivity contribution in [2.45, 2.75) is 26.0 Å². The topological polar surface area (TPSA) is 63.8 Å². The van der Waals surface area contributed by atoms with Crippen LogP contribution in [0.2, 0.25) is 0 Å². The Morgan fingerprint density at radius 3 is 2.94 bits per heavy atom. The quantitative estimate of drug-likeness (QED) is 0.836. The summed E-state index contributed by atoms with van der Waals surface area (Å²) in [4.78, 5) is 4.18. The van der Waals surface area contributed by atoms with Crippen LogP contribution >= 0.6 is 0 Å². The normalized spacial score (nSPS) is 12.6. The lowest BCUT2D eigenvalue weighted by Crippen LogP contribution is -2.10. The first-order valence-electron chi connectivity index (χ1n) is 5.28. The Bertz CT molecular complexity index is 440. The van der Waals surface area contributed by atoms with Crippen molar-refractivity contribution in [2.75, 3.05) is 0 Å². The van der Waals surface area contributed by atoms with Gasteiger partial charge in [-0.25, -0.2) is 4.98 Å². The summed E-state index contributed by atoms with van der Waals surface area (Å²) in [5, 5.41) is 17.6. The molecule has 1 atom stereocenters. The van der Waals surface area contributed by atoms with Crippen molar-refractivity contribution in [1.29, 1.82) is 0 Å². The largest absolute Gasteiger partial charge is 0.380 e. The maximum Gasteiger partial charge on any atom is 0.142 e. The number of aliphatic hydroxyl groups is 1. The van der Waals surface area contributed by atoms with Crippen LogP contribution in [0.4, 0.5) is 0 Å². The van der Waals surface area contributed by atoms with E-state index in [-0.39, 0.29) is 0 Å². The minimum absolute atomic E-state index is 0.648. The minimum Gasteiger partial charge on any atom is -0.380 e. The molecule has 2 aromatic heterocycles. The summed E-state index contributed by atoms with van der Waals surface area (Å²) in [6.07, 6.45) is 6.95. The Morgan fingerprint density at radius 1 is 1.38 bits per heavy atom. The highest BCUT2D eigenvalue weighted by Gasteiger charge is 2.15. The monoisotopic (exact) mass is 218 g/mol. The van der Waals surface area contributed by atoms with E-state index in [0.29, 0.717) is 11.4 Å². The molecule has 16 heavy (non-hydrogen) atoms. The van der Waals surface area contributed by atoms with Crippen molar-refractivity contribution in [3.05, 3.63) is 42.2 Å². The molecular formula is C11H14N4O. The predicted molar refractivity (Wildman–Crippen MR) is 58.6 cm³/mol. The zero-order valence-corrected chi connectivity index (χ0v) is 9.11. The van der Waals surface area contributed by atoms with E-state index in [2.05, 4.69) is 22.1 Å². The molecule has 0 aliphatic rings. The number of aromatic nitrogens is 4. The van der Waals surface area contributed by atoms with Gasteiger partial charge in [-0.3, -0.25) is 0 Å². The third-order valence-electron chi connectivity index (χ3n) is 2.38. The Balaban J connectivity index is 2.27. The molecule has 0 saturated heterocycles. The Hall–Kier alpha value is -1.75. The molecule has 2 heterocycles. The third-order valence-corrected chi connectivity index (χ3v) is 2.38. The predicted octanol–water partition coefficient (Wildman–Crippen LogP) is 1.16. The van der Waals surface area contributed by atoms with Crippen molar-refractivity contribution in [2.24, 2.45) is 0 Å². The fourth-order valence-corrected chi connectivity index (χ4v) is 1.61. The van der Waals surface area contributed by atoms with Gasteiger partial charge in [0.05, 0.1) is 6.20 Å². The van der Waals surface area contributed by atoms with Crippen LogP contribution in [0.3, 0.4) is 0 Å². The number of aliphatic hydroxyl groups excluding tert-OH is 1. The maximum atomic E-state index is 10.1. The Kier molecular flexibility index (Phi) is 3.26. The molecule has 1 unspecified atom stereocenters. The lowest BCUT2D eigenvalue weighted by Gasteiger charge is -2.12. The molecule has 1 N–H and O–H groups in total. The summed E-state index contributed by atoms with van der Waals surface area (Å²) >= 11 is 0. The van der Waals surface area contributed by atoms with Gasteiger partial charge in [0.25, 0.3) is 0 Å². The van der Waals surface area contributed by atoms with Crippen molar-refractivity contribution in [3.8, 4) is 0 Å². The van der Waals surface area contributed by atoms with Crippen LogP contribution in [-0.4, -0.2) is 24.9 Å². The molecule has 5 heteroatoms. The molecule has 0 radical (unpaired) electrons. The van der Waals surface area contributed by atoms with Crippen molar-refractivity contribution < 1.29 is 5.11 Å². The van der Waals surface area contributed by atoms with Gasteiger partial charge in [0.15, 0.2) is 0 Å². The van der Waals surface area contributed by atoms with E-state index in [9.17, 15) is 5.11 Å². The van der Waals surface area contributed by atoms with Gasteiger partial charge in [0.1, 0.15) is 11.9 Å². The molecule has 0 aromatic carbocycles. The van der Waals surface area contributed by atoms with E-state index in [1.165, 1.54) is 0 Å². The number of imidazole rings is 1. The minimum atomic E-state index is -0.739. The summed E-state index contributed by atoms with van der Waals surface area (Å²) in [6.45, 7) is 2.94. The van der Waals surface area contributed by atoms with E-state index in [1.54, 1.807) is 24.7 Å². The van der Waals surface area contributed by atoms with Crippen LogP contribution in [0.1, 0.15) is 30.8 Å². The average Bonchev–Trinajstić information content (AvgIpc) is 2.78. The highest BCUT2D eigenvalue weighted by molar-refractivity contribution is 5.17. The summed E-state index contributed by atoms with van der Waals surface area (Å²) in [5.74, 6) is 0.648. The van der Waals surface area contributed by atoms with E-state index in [0.717, 1.165) is 13.0 Å². The number of rotatable bonds is 4. The Morgan fingerprint density at radius 2 is 2.25 bits per heavy atom. The van der Waals surface area contributed by atoms with Gasteiger partial charge in [-0.15, -0.1) is 0 Å². The molecule has 0 aliphatic carbocycles. The van der Waals surface area contributed by atoms with Crippen LogP contribution in [-0.2, 0) is 6.54 Å². The van der Waals surface area contributed by atoms with Crippen LogP contribution in [0.25, 0.3) is 0 Å². The molecule has 0 amide bonds. The maximum absolute atomic E-state index is 10.1. The molecule has 0 spiro atoms. The van der Waals surface area contributed by atoms with Gasteiger partial charge in [-0.2, -0.15) is 10.2 Å². The first kappa shape index (κ1) is 10.8. The molecule has 5 nitrogen and oxygen atoms in total. The lowest BCUT2D eigenvalue weighted by molar-refractivity contribution is 0.203. The number of aryl methyl sites for hydroxylation is 1. The zero-order valence-electron chi connectivity index (χ0n) is 9.11. The second kappa shape index (κ2) is 4.85. The molecule has 0 aliphatic heterocycles. The smallest absolute Gasteiger partial charge is 0.142 e. The molecule has 0 fully saturated rings. The first-order valence-corrected chi connectivity index (χ1v) is 5.28. The Labute approximate surface area is 93.8 Å². The van der Waals surface area contributed by atoms with E-state index in [4.69, 9.17) is 0 Å². The van der Waals surface area contributed by atoms with Gasteiger partial charge in [0, 0.05) is 30.7 Å². The number of hydrogen-bond acceptors (Lipinski definition) is 4. The van der Waals surface area contributed by atoms with Crippen molar-refractivity contribution in [1.82, 2.24) is 19.7 Å². The molecule has 2 rings (SSSR count). The summed E-state index contributed by atoms with van der Waals surface area (Å²) < 4.78 is 1.95. The summed E-state index contributed by atoms with van der Waals surface area (Å²) in [7, 11) is 0. The molecule has 2 aromatic rings. The van der Waals surface area contributed by atoms with Gasteiger partial charge in [0.2, 0.25) is 0 Å². The second-order valence-corrected chi connectivity index (χ2v) is 3.56. The molecular weight excluding hydrogens is 204 g/mol. The SMILES string of the molecule is CCCn1ccnc1C(O)c1ccnnc1. The van der Waals surface area contributed by atoms with Gasteiger partial charge in [-0.05, 0) is 12.5 Å². The van der Waals surface area contributed by atoms with Gasteiger partial charge >= 0.3 is 0 Å². The molecule has 0 bridgehead atoms. The van der Waals surface area contributed by atoms with Gasteiger partial charge in [-0.1, -0.05) is 6.92 Å². The van der Waals surface area contributed by atoms with Gasteiger partial charge < -0.3 is 9.67 Å². The van der Waals surface area contributed by atoms with Crippen LogP contribution in [0.5, 0.6) is 0 Å². The lowest BCUT2D eigenvalue weighted by atomic mass is 10.1. The van der Waals surface area contributed by atoms with Crippen molar-refractivity contribution in [3.63, 3.8) is 0 Å². The fourth-order valence-electron chi connectivity index (χ4n) is 1.61.